The number of ether oxygens (including phenoxy) is 1. The average Bonchev–Trinajstić information content (AvgIpc) is 2.43. The second kappa shape index (κ2) is 5.77. The fourth-order valence-corrected chi connectivity index (χ4v) is 2.04. The van der Waals surface area contributed by atoms with Crippen molar-refractivity contribution in [3.8, 4) is 11.8 Å². The first-order valence-corrected chi connectivity index (χ1v) is 6.38. The van der Waals surface area contributed by atoms with E-state index in [1.807, 2.05) is 0 Å². The Balaban J connectivity index is 2.29. The highest BCUT2D eigenvalue weighted by molar-refractivity contribution is 6.30. The van der Waals surface area contributed by atoms with Crippen LogP contribution in [0.25, 0.3) is 0 Å². The molecule has 0 atom stereocenters. The number of rotatable bonds is 2. The van der Waals surface area contributed by atoms with Gasteiger partial charge in [-0.15, -0.1) is 0 Å². The molecular formula is C16H12ClNO2. The molecule has 0 heterocycles. The van der Waals surface area contributed by atoms with Crippen LogP contribution in [0.4, 0.5) is 0 Å². The van der Waals surface area contributed by atoms with Crippen LogP contribution in [0.5, 0.6) is 5.75 Å². The number of benzene rings is 2. The summed E-state index contributed by atoms with van der Waals surface area (Å²) in [6.45, 7) is 3.61. The summed E-state index contributed by atoms with van der Waals surface area (Å²) in [5.74, 6) is 0.0431. The van der Waals surface area contributed by atoms with Gasteiger partial charge in [0, 0.05) is 5.02 Å². The van der Waals surface area contributed by atoms with Crippen molar-refractivity contribution in [2.45, 2.75) is 13.8 Å². The summed E-state index contributed by atoms with van der Waals surface area (Å²) in [7, 11) is 0. The van der Waals surface area contributed by atoms with Gasteiger partial charge in [0.2, 0.25) is 0 Å². The first-order valence-electron chi connectivity index (χ1n) is 6.00. The first-order chi connectivity index (χ1) is 9.51. The minimum absolute atomic E-state index is 0.428. The number of esters is 1. The second-order valence-corrected chi connectivity index (χ2v) is 4.88. The van der Waals surface area contributed by atoms with Crippen molar-refractivity contribution in [3.63, 3.8) is 0 Å². The van der Waals surface area contributed by atoms with Crippen molar-refractivity contribution < 1.29 is 9.53 Å². The highest BCUT2D eigenvalue weighted by atomic mass is 35.5. The molecule has 4 heteroatoms. The van der Waals surface area contributed by atoms with Crippen LogP contribution in [0.1, 0.15) is 27.0 Å². The lowest BCUT2D eigenvalue weighted by molar-refractivity contribution is 0.0732. The van der Waals surface area contributed by atoms with E-state index in [1.54, 1.807) is 50.2 Å². The molecule has 0 fully saturated rings. The topological polar surface area (TPSA) is 50.1 Å². The third-order valence-electron chi connectivity index (χ3n) is 2.86. The van der Waals surface area contributed by atoms with Gasteiger partial charge in [0.1, 0.15) is 5.75 Å². The van der Waals surface area contributed by atoms with Crippen molar-refractivity contribution in [2.75, 3.05) is 0 Å². The number of nitrogens with zero attached hydrogens (tertiary/aromatic N) is 1. The van der Waals surface area contributed by atoms with Crippen LogP contribution in [0.2, 0.25) is 5.02 Å². The second-order valence-electron chi connectivity index (χ2n) is 4.45. The summed E-state index contributed by atoms with van der Waals surface area (Å²) in [4.78, 5) is 12.1. The highest BCUT2D eigenvalue weighted by Gasteiger charge is 2.13. The van der Waals surface area contributed by atoms with Crippen molar-refractivity contribution >= 4 is 17.6 Å². The predicted molar refractivity (Wildman–Crippen MR) is 77.0 cm³/mol. The molecule has 0 spiro atoms. The number of hydrogen-bond donors (Lipinski definition) is 0. The van der Waals surface area contributed by atoms with Crippen LogP contribution in [-0.4, -0.2) is 5.97 Å². The van der Waals surface area contributed by atoms with E-state index in [-0.39, 0.29) is 0 Å². The predicted octanol–water partition coefficient (Wildman–Crippen LogP) is 4.05. The van der Waals surface area contributed by atoms with Gasteiger partial charge in [-0.3, -0.25) is 0 Å². The first kappa shape index (κ1) is 14.1. The summed E-state index contributed by atoms with van der Waals surface area (Å²) >= 11 is 5.78. The zero-order valence-electron chi connectivity index (χ0n) is 11.1. The Bertz CT molecular complexity index is 676. The quantitative estimate of drug-likeness (QED) is 0.618. The molecule has 2 aromatic rings. The molecule has 0 saturated heterocycles. The van der Waals surface area contributed by atoms with E-state index < -0.39 is 5.97 Å². The molecule has 0 radical (unpaired) electrons. The third kappa shape index (κ3) is 2.98. The van der Waals surface area contributed by atoms with Gasteiger partial charge >= 0.3 is 5.97 Å². The molecule has 0 aromatic heterocycles. The normalized spacial score (nSPS) is 9.90. The van der Waals surface area contributed by atoms with Crippen LogP contribution >= 0.6 is 11.6 Å². The maximum atomic E-state index is 12.1. The molecular weight excluding hydrogens is 274 g/mol. The van der Waals surface area contributed by atoms with E-state index in [9.17, 15) is 4.79 Å². The molecule has 2 rings (SSSR count). The minimum Gasteiger partial charge on any atom is -0.422 e. The number of carbonyl (C=O) groups is 1. The summed E-state index contributed by atoms with van der Waals surface area (Å²) in [5, 5.41) is 9.46. The van der Waals surface area contributed by atoms with Gasteiger partial charge in [-0.05, 0) is 61.4 Å². The van der Waals surface area contributed by atoms with Gasteiger partial charge < -0.3 is 4.74 Å². The Hall–Kier alpha value is -2.31. The number of nitriles is 1. The van der Waals surface area contributed by atoms with Crippen LogP contribution < -0.4 is 4.74 Å². The van der Waals surface area contributed by atoms with Crippen molar-refractivity contribution in [2.24, 2.45) is 0 Å². The smallest absolute Gasteiger partial charge is 0.343 e. The zero-order chi connectivity index (χ0) is 14.7. The van der Waals surface area contributed by atoms with Crippen LogP contribution in [-0.2, 0) is 0 Å². The number of carbonyl (C=O) groups excluding carboxylic acids is 1. The van der Waals surface area contributed by atoms with E-state index >= 15 is 0 Å². The lowest BCUT2D eigenvalue weighted by Gasteiger charge is -2.11. The SMILES string of the molecule is Cc1cc(C#N)cc(C)c1OC(=O)c1ccc(Cl)cc1. The monoisotopic (exact) mass is 285 g/mol. The van der Waals surface area contributed by atoms with Gasteiger partial charge in [0.25, 0.3) is 0 Å². The average molecular weight is 286 g/mol. The molecule has 0 N–H and O–H groups in total. The number of halogens is 1. The summed E-state index contributed by atoms with van der Waals surface area (Å²) in [6, 6.07) is 11.9. The van der Waals surface area contributed by atoms with Crippen molar-refractivity contribution in [3.05, 3.63) is 63.7 Å². The third-order valence-corrected chi connectivity index (χ3v) is 3.12. The molecule has 20 heavy (non-hydrogen) atoms. The van der Waals surface area contributed by atoms with Gasteiger partial charge in [0.05, 0.1) is 17.2 Å². The molecule has 0 saturated carbocycles. The maximum Gasteiger partial charge on any atom is 0.343 e. The summed E-state index contributed by atoms with van der Waals surface area (Å²) in [6.07, 6.45) is 0. The number of hydrogen-bond acceptors (Lipinski definition) is 3. The van der Waals surface area contributed by atoms with Crippen molar-refractivity contribution in [1.82, 2.24) is 0 Å². The van der Waals surface area contributed by atoms with Gasteiger partial charge in [0.15, 0.2) is 0 Å². The van der Waals surface area contributed by atoms with E-state index in [4.69, 9.17) is 21.6 Å². The fraction of sp³-hybridized carbons (Fsp3) is 0.125. The van der Waals surface area contributed by atoms with Gasteiger partial charge in [-0.2, -0.15) is 5.26 Å². The van der Waals surface area contributed by atoms with E-state index in [0.717, 1.165) is 11.1 Å². The zero-order valence-corrected chi connectivity index (χ0v) is 11.9. The van der Waals surface area contributed by atoms with Crippen LogP contribution in [0, 0.1) is 25.2 Å². The molecule has 2 aromatic carbocycles. The molecule has 100 valence electrons. The molecule has 0 unspecified atom stereocenters. The Labute approximate surface area is 122 Å². The summed E-state index contributed by atoms with van der Waals surface area (Å²) in [5.41, 5.74) is 2.48. The Morgan fingerprint density at radius 1 is 1.15 bits per heavy atom. The van der Waals surface area contributed by atoms with Crippen LogP contribution in [0.3, 0.4) is 0 Å². The molecule has 0 bridgehead atoms. The van der Waals surface area contributed by atoms with Crippen LogP contribution in [0.15, 0.2) is 36.4 Å². The van der Waals surface area contributed by atoms with E-state index in [1.165, 1.54) is 0 Å². The van der Waals surface area contributed by atoms with E-state index in [0.29, 0.717) is 21.9 Å². The van der Waals surface area contributed by atoms with Gasteiger partial charge in [-0.1, -0.05) is 11.6 Å². The fourth-order valence-electron chi connectivity index (χ4n) is 1.91. The Morgan fingerprint density at radius 2 is 1.70 bits per heavy atom. The lowest BCUT2D eigenvalue weighted by atomic mass is 10.1. The molecule has 3 nitrogen and oxygen atoms in total. The lowest BCUT2D eigenvalue weighted by Crippen LogP contribution is -2.10. The van der Waals surface area contributed by atoms with Gasteiger partial charge in [-0.25, -0.2) is 4.79 Å². The Kier molecular flexibility index (Phi) is 4.07. The highest BCUT2D eigenvalue weighted by Crippen LogP contribution is 2.25. The minimum atomic E-state index is -0.447. The maximum absolute atomic E-state index is 12.1. The van der Waals surface area contributed by atoms with Crippen molar-refractivity contribution in [1.29, 1.82) is 5.26 Å². The molecule has 0 aliphatic rings. The molecule has 0 aliphatic carbocycles. The number of aryl methyl sites for hydroxylation is 2. The molecule has 0 aliphatic heterocycles. The standard InChI is InChI=1S/C16H12ClNO2/c1-10-7-12(9-18)8-11(2)15(10)20-16(19)13-3-5-14(17)6-4-13/h3-8H,1-2H3. The molecule has 0 amide bonds. The summed E-state index contributed by atoms with van der Waals surface area (Å²) < 4.78 is 5.41. The Morgan fingerprint density at radius 3 is 2.20 bits per heavy atom. The van der Waals surface area contributed by atoms with E-state index in [2.05, 4.69) is 6.07 Å². The largest absolute Gasteiger partial charge is 0.422 e.